The van der Waals surface area contributed by atoms with Crippen molar-refractivity contribution in [2.45, 2.75) is 27.7 Å². The van der Waals surface area contributed by atoms with E-state index in [1.807, 2.05) is 0 Å². The maximum atomic E-state index is 12.5. The highest BCUT2D eigenvalue weighted by Gasteiger charge is 2.17. The fraction of sp³-hybridized carbons (Fsp3) is 0.632. The standard InChI is InChI=1S/C19H32N2O4/c1-13(2)10-21(11-14(3)4)12-18(22)20-15-8-16(23-5)19(25-7)17(9-15)24-6/h8-9,13-14H,10-12H2,1-7H3,(H,20,22). The zero-order chi connectivity index (χ0) is 19.0. The molecule has 6 heteroatoms. The van der Waals surface area contributed by atoms with Crippen LogP contribution in [0.25, 0.3) is 0 Å². The summed E-state index contributed by atoms with van der Waals surface area (Å²) in [6, 6.07) is 3.46. The third kappa shape index (κ3) is 6.82. The Bertz CT molecular complexity index is 523. The molecule has 0 saturated heterocycles. The van der Waals surface area contributed by atoms with Crippen molar-refractivity contribution >= 4 is 11.6 Å². The quantitative estimate of drug-likeness (QED) is 0.700. The molecular weight excluding hydrogens is 320 g/mol. The number of benzene rings is 1. The van der Waals surface area contributed by atoms with Crippen molar-refractivity contribution in [3.63, 3.8) is 0 Å². The molecule has 1 aromatic rings. The van der Waals surface area contributed by atoms with Crippen LogP contribution < -0.4 is 19.5 Å². The summed E-state index contributed by atoms with van der Waals surface area (Å²) >= 11 is 0. The Kier molecular flexibility index (Phi) is 8.55. The topological polar surface area (TPSA) is 60.0 Å². The minimum atomic E-state index is -0.0597. The summed E-state index contributed by atoms with van der Waals surface area (Å²) in [5, 5.41) is 2.92. The predicted octanol–water partition coefficient (Wildman–Crippen LogP) is 3.26. The normalized spacial score (nSPS) is 11.1. The van der Waals surface area contributed by atoms with Gasteiger partial charge in [0.05, 0.1) is 27.9 Å². The first kappa shape index (κ1) is 21.1. The van der Waals surface area contributed by atoms with Crippen LogP contribution in [-0.4, -0.2) is 51.8 Å². The molecule has 0 heterocycles. The average molecular weight is 352 g/mol. The number of nitrogens with zero attached hydrogens (tertiary/aromatic N) is 1. The molecule has 142 valence electrons. The fourth-order valence-electron chi connectivity index (χ4n) is 2.79. The zero-order valence-corrected chi connectivity index (χ0v) is 16.5. The number of ether oxygens (including phenoxy) is 3. The van der Waals surface area contributed by atoms with E-state index < -0.39 is 0 Å². The molecule has 0 aliphatic rings. The molecule has 0 atom stereocenters. The number of hydrogen-bond acceptors (Lipinski definition) is 5. The maximum Gasteiger partial charge on any atom is 0.238 e. The van der Waals surface area contributed by atoms with Gasteiger partial charge in [0.25, 0.3) is 0 Å². The number of carbonyl (C=O) groups is 1. The lowest BCUT2D eigenvalue weighted by Gasteiger charge is -2.25. The summed E-state index contributed by atoms with van der Waals surface area (Å²) in [5.41, 5.74) is 0.619. The Hall–Kier alpha value is -1.95. The van der Waals surface area contributed by atoms with Gasteiger partial charge in [0.1, 0.15) is 0 Å². The summed E-state index contributed by atoms with van der Waals surface area (Å²) < 4.78 is 15.9. The van der Waals surface area contributed by atoms with Gasteiger partial charge >= 0.3 is 0 Å². The van der Waals surface area contributed by atoms with Gasteiger partial charge in [0, 0.05) is 30.9 Å². The molecule has 0 fully saturated rings. The minimum absolute atomic E-state index is 0.0597. The molecule has 25 heavy (non-hydrogen) atoms. The van der Waals surface area contributed by atoms with Gasteiger partial charge in [-0.15, -0.1) is 0 Å². The van der Waals surface area contributed by atoms with E-state index in [9.17, 15) is 4.79 Å². The SMILES string of the molecule is COc1cc(NC(=O)CN(CC(C)C)CC(C)C)cc(OC)c1OC. The first-order chi connectivity index (χ1) is 11.8. The summed E-state index contributed by atoms with van der Waals surface area (Å²) in [6.45, 7) is 10.8. The Morgan fingerprint density at radius 3 is 1.80 bits per heavy atom. The van der Waals surface area contributed by atoms with Crippen LogP contribution in [0, 0.1) is 11.8 Å². The van der Waals surface area contributed by atoms with E-state index in [1.54, 1.807) is 33.5 Å². The number of anilines is 1. The highest BCUT2D eigenvalue weighted by atomic mass is 16.5. The lowest BCUT2D eigenvalue weighted by atomic mass is 10.1. The molecule has 0 unspecified atom stereocenters. The van der Waals surface area contributed by atoms with E-state index in [4.69, 9.17) is 14.2 Å². The van der Waals surface area contributed by atoms with Crippen LogP contribution in [0.1, 0.15) is 27.7 Å². The molecule has 1 N–H and O–H groups in total. The number of hydrogen-bond donors (Lipinski definition) is 1. The van der Waals surface area contributed by atoms with Crippen LogP contribution in [0.3, 0.4) is 0 Å². The second-order valence-corrected chi connectivity index (χ2v) is 6.94. The molecule has 0 aliphatic heterocycles. The van der Waals surface area contributed by atoms with Gasteiger partial charge in [-0.05, 0) is 11.8 Å². The summed E-state index contributed by atoms with van der Waals surface area (Å²) in [7, 11) is 4.65. The molecule has 0 saturated carbocycles. The third-order valence-electron chi connectivity index (χ3n) is 3.56. The second-order valence-electron chi connectivity index (χ2n) is 6.94. The van der Waals surface area contributed by atoms with E-state index in [0.29, 0.717) is 41.3 Å². The lowest BCUT2D eigenvalue weighted by Crippen LogP contribution is -2.38. The van der Waals surface area contributed by atoms with Gasteiger partial charge in [-0.25, -0.2) is 0 Å². The van der Waals surface area contributed by atoms with Gasteiger partial charge in [-0.1, -0.05) is 27.7 Å². The highest BCUT2D eigenvalue weighted by Crippen LogP contribution is 2.39. The van der Waals surface area contributed by atoms with Crippen LogP contribution >= 0.6 is 0 Å². The van der Waals surface area contributed by atoms with Gasteiger partial charge in [-0.3, -0.25) is 9.69 Å². The van der Waals surface area contributed by atoms with Crippen molar-refractivity contribution in [3.8, 4) is 17.2 Å². The number of nitrogens with one attached hydrogen (secondary N) is 1. The van der Waals surface area contributed by atoms with Crippen LogP contribution in [-0.2, 0) is 4.79 Å². The Labute approximate surface area is 151 Å². The van der Waals surface area contributed by atoms with Crippen LogP contribution in [0.2, 0.25) is 0 Å². The van der Waals surface area contributed by atoms with E-state index in [-0.39, 0.29) is 5.91 Å². The smallest absolute Gasteiger partial charge is 0.238 e. The number of amides is 1. The highest BCUT2D eigenvalue weighted by molar-refractivity contribution is 5.93. The molecule has 1 amide bonds. The largest absolute Gasteiger partial charge is 0.493 e. The lowest BCUT2D eigenvalue weighted by molar-refractivity contribution is -0.117. The molecule has 6 nitrogen and oxygen atoms in total. The van der Waals surface area contributed by atoms with Crippen LogP contribution in [0.5, 0.6) is 17.2 Å². The molecule has 0 spiro atoms. The van der Waals surface area contributed by atoms with E-state index in [2.05, 4.69) is 37.9 Å². The Morgan fingerprint density at radius 2 is 1.44 bits per heavy atom. The third-order valence-corrected chi connectivity index (χ3v) is 3.56. The Morgan fingerprint density at radius 1 is 0.960 bits per heavy atom. The van der Waals surface area contributed by atoms with Gasteiger partial charge < -0.3 is 19.5 Å². The summed E-state index contributed by atoms with van der Waals surface area (Å²) in [5.74, 6) is 2.48. The van der Waals surface area contributed by atoms with Crippen molar-refractivity contribution in [1.82, 2.24) is 4.90 Å². The maximum absolute atomic E-state index is 12.5. The van der Waals surface area contributed by atoms with Crippen LogP contribution in [0.15, 0.2) is 12.1 Å². The molecule has 1 rings (SSSR count). The molecule has 0 aliphatic carbocycles. The Balaban J connectivity index is 2.87. The van der Waals surface area contributed by atoms with Crippen molar-refractivity contribution < 1.29 is 19.0 Å². The van der Waals surface area contributed by atoms with Crippen molar-refractivity contribution in [1.29, 1.82) is 0 Å². The van der Waals surface area contributed by atoms with Crippen molar-refractivity contribution in [2.24, 2.45) is 11.8 Å². The molecule has 0 radical (unpaired) electrons. The molecule has 0 aromatic heterocycles. The van der Waals surface area contributed by atoms with Crippen LogP contribution in [0.4, 0.5) is 5.69 Å². The van der Waals surface area contributed by atoms with Crippen molar-refractivity contribution in [2.75, 3.05) is 46.3 Å². The molecule has 1 aromatic carbocycles. The van der Waals surface area contributed by atoms with E-state index >= 15 is 0 Å². The number of carbonyl (C=O) groups excluding carboxylic acids is 1. The minimum Gasteiger partial charge on any atom is -0.493 e. The summed E-state index contributed by atoms with van der Waals surface area (Å²) in [6.07, 6.45) is 0. The predicted molar refractivity (Wildman–Crippen MR) is 101 cm³/mol. The number of methoxy groups -OCH3 is 3. The monoisotopic (exact) mass is 352 g/mol. The molecular formula is C19H32N2O4. The molecule has 0 bridgehead atoms. The van der Waals surface area contributed by atoms with E-state index in [0.717, 1.165) is 13.1 Å². The first-order valence-electron chi connectivity index (χ1n) is 8.62. The first-order valence-corrected chi connectivity index (χ1v) is 8.62. The van der Waals surface area contributed by atoms with Gasteiger partial charge in [0.2, 0.25) is 11.7 Å². The zero-order valence-electron chi connectivity index (χ0n) is 16.5. The van der Waals surface area contributed by atoms with Gasteiger partial charge in [0.15, 0.2) is 11.5 Å². The second kappa shape index (κ2) is 10.1. The fourth-order valence-corrected chi connectivity index (χ4v) is 2.79. The average Bonchev–Trinajstić information content (AvgIpc) is 2.52. The van der Waals surface area contributed by atoms with Gasteiger partial charge in [-0.2, -0.15) is 0 Å². The number of rotatable bonds is 10. The van der Waals surface area contributed by atoms with E-state index in [1.165, 1.54) is 0 Å². The van der Waals surface area contributed by atoms with Crippen molar-refractivity contribution in [3.05, 3.63) is 12.1 Å². The summed E-state index contributed by atoms with van der Waals surface area (Å²) in [4.78, 5) is 14.7.